The van der Waals surface area contributed by atoms with Crippen molar-refractivity contribution in [3.8, 4) is 0 Å². The summed E-state index contributed by atoms with van der Waals surface area (Å²) in [7, 11) is 0. The van der Waals surface area contributed by atoms with Gasteiger partial charge in [-0.15, -0.1) is 0 Å². The normalized spacial score (nSPS) is 11.4. The molecule has 2 nitrogen and oxygen atoms in total. The Hall–Kier alpha value is -1.09. The fourth-order valence-corrected chi connectivity index (χ4v) is 3.01. The first-order valence-electron chi connectivity index (χ1n) is 5.77. The van der Waals surface area contributed by atoms with E-state index in [-0.39, 0.29) is 0 Å². The van der Waals surface area contributed by atoms with Gasteiger partial charge in [0.1, 0.15) is 0 Å². The van der Waals surface area contributed by atoms with Gasteiger partial charge in [-0.2, -0.15) is 0 Å². The quantitative estimate of drug-likeness (QED) is 0.850. The van der Waals surface area contributed by atoms with Crippen molar-refractivity contribution in [2.45, 2.75) is 33.6 Å². The lowest BCUT2D eigenvalue weighted by molar-refractivity contribution is 0.851. The molecule has 0 atom stereocenters. The van der Waals surface area contributed by atoms with Crippen LogP contribution in [0.5, 0.6) is 0 Å². The Labute approximate surface area is 110 Å². The number of hydrogen-bond donors (Lipinski definition) is 1. The molecule has 0 amide bonds. The summed E-state index contributed by atoms with van der Waals surface area (Å²) in [6, 6.07) is 4.18. The second-order valence-corrected chi connectivity index (χ2v) is 5.68. The summed E-state index contributed by atoms with van der Waals surface area (Å²) in [6.07, 6.45) is 0. The molecule has 0 aliphatic rings. The van der Waals surface area contributed by atoms with Crippen LogP contribution >= 0.6 is 15.9 Å². The topological polar surface area (TPSA) is 38.9 Å². The molecule has 0 fully saturated rings. The highest BCUT2D eigenvalue weighted by molar-refractivity contribution is 9.10. The third kappa shape index (κ3) is 2.04. The maximum Gasteiger partial charge on any atom is 0.0868 e. The Bertz CT molecular complexity index is 589. The average Bonchev–Trinajstić information content (AvgIpc) is 2.19. The molecule has 2 N–H and O–H groups in total. The zero-order valence-corrected chi connectivity index (χ0v) is 12.2. The van der Waals surface area contributed by atoms with Crippen LogP contribution in [0.15, 0.2) is 16.6 Å². The molecule has 0 aliphatic heterocycles. The number of fused-ring (bicyclic) bond motifs is 1. The van der Waals surface area contributed by atoms with E-state index in [0.29, 0.717) is 5.92 Å². The lowest BCUT2D eigenvalue weighted by atomic mass is 9.96. The Morgan fingerprint density at radius 2 is 1.88 bits per heavy atom. The summed E-state index contributed by atoms with van der Waals surface area (Å²) < 4.78 is 1.01. The summed E-state index contributed by atoms with van der Waals surface area (Å²) in [5.74, 6) is 0.395. The fourth-order valence-electron chi connectivity index (χ4n) is 2.35. The summed E-state index contributed by atoms with van der Waals surface area (Å²) in [5, 5.41) is 1.05. The molecule has 0 radical (unpaired) electrons. The van der Waals surface area contributed by atoms with Crippen molar-refractivity contribution in [2.75, 3.05) is 5.73 Å². The van der Waals surface area contributed by atoms with Crippen LogP contribution < -0.4 is 5.73 Å². The largest absolute Gasteiger partial charge is 0.398 e. The van der Waals surface area contributed by atoms with Gasteiger partial charge in [0.15, 0.2) is 0 Å². The van der Waals surface area contributed by atoms with Crippen LogP contribution in [-0.4, -0.2) is 4.98 Å². The molecule has 1 aromatic heterocycles. The van der Waals surface area contributed by atoms with Gasteiger partial charge in [0.25, 0.3) is 0 Å². The van der Waals surface area contributed by atoms with Gasteiger partial charge in [-0.1, -0.05) is 13.8 Å². The molecule has 2 aromatic rings. The van der Waals surface area contributed by atoms with Crippen LogP contribution in [0.2, 0.25) is 0 Å². The number of nitrogen functional groups attached to an aromatic ring is 1. The lowest BCUT2D eigenvalue weighted by Crippen LogP contribution is -2.03. The number of halogens is 1. The molecular formula is C14H17BrN2. The van der Waals surface area contributed by atoms with E-state index >= 15 is 0 Å². The maximum atomic E-state index is 6.30. The Balaban J connectivity index is 2.92. The van der Waals surface area contributed by atoms with Crippen LogP contribution in [0.3, 0.4) is 0 Å². The molecule has 90 valence electrons. The number of anilines is 1. The second-order valence-electron chi connectivity index (χ2n) is 4.82. The van der Waals surface area contributed by atoms with Crippen LogP contribution in [-0.2, 0) is 0 Å². The summed E-state index contributed by atoms with van der Waals surface area (Å²) in [6.45, 7) is 8.39. The first-order valence-corrected chi connectivity index (χ1v) is 6.57. The molecule has 0 unspecified atom stereocenters. The van der Waals surface area contributed by atoms with E-state index in [1.165, 1.54) is 5.56 Å². The number of aromatic nitrogens is 1. The lowest BCUT2D eigenvalue weighted by Gasteiger charge is -2.16. The Morgan fingerprint density at radius 1 is 1.24 bits per heavy atom. The minimum Gasteiger partial charge on any atom is -0.398 e. The molecule has 1 heterocycles. The highest BCUT2D eigenvalue weighted by atomic mass is 79.9. The molecule has 0 bridgehead atoms. The first kappa shape index (κ1) is 12.4. The zero-order valence-electron chi connectivity index (χ0n) is 10.6. The van der Waals surface area contributed by atoms with E-state index in [1.807, 2.05) is 6.92 Å². The highest BCUT2D eigenvalue weighted by Crippen LogP contribution is 2.34. The second kappa shape index (κ2) is 4.30. The van der Waals surface area contributed by atoms with Gasteiger partial charge < -0.3 is 5.73 Å². The molecule has 1 aromatic carbocycles. The van der Waals surface area contributed by atoms with Crippen molar-refractivity contribution >= 4 is 32.5 Å². The van der Waals surface area contributed by atoms with Gasteiger partial charge in [-0.25, -0.2) is 0 Å². The van der Waals surface area contributed by atoms with Gasteiger partial charge in [0.2, 0.25) is 0 Å². The number of nitrogens with zero attached hydrogens (tertiary/aromatic N) is 1. The fraction of sp³-hybridized carbons (Fsp3) is 0.357. The minimum absolute atomic E-state index is 0.395. The molecule has 0 saturated heterocycles. The van der Waals surface area contributed by atoms with E-state index in [2.05, 4.69) is 53.8 Å². The van der Waals surface area contributed by atoms with E-state index in [1.54, 1.807) is 0 Å². The van der Waals surface area contributed by atoms with Crippen molar-refractivity contribution in [2.24, 2.45) is 0 Å². The maximum absolute atomic E-state index is 6.30. The first-order chi connectivity index (χ1) is 7.91. The van der Waals surface area contributed by atoms with E-state index in [9.17, 15) is 0 Å². The smallest absolute Gasteiger partial charge is 0.0868 e. The minimum atomic E-state index is 0.395. The van der Waals surface area contributed by atoms with Crippen molar-refractivity contribution in [1.29, 1.82) is 0 Å². The average molecular weight is 293 g/mol. The van der Waals surface area contributed by atoms with Gasteiger partial charge in [0.05, 0.1) is 5.52 Å². The predicted octanol–water partition coefficient (Wildman–Crippen LogP) is 4.32. The van der Waals surface area contributed by atoms with Crippen molar-refractivity contribution < 1.29 is 0 Å². The van der Waals surface area contributed by atoms with Crippen LogP contribution in [0.4, 0.5) is 5.69 Å². The molecule has 2 rings (SSSR count). The number of nitrogens with two attached hydrogens (primary N) is 1. The summed E-state index contributed by atoms with van der Waals surface area (Å²) in [4.78, 5) is 4.67. The molecule has 3 heteroatoms. The zero-order chi connectivity index (χ0) is 12.7. The van der Waals surface area contributed by atoms with Gasteiger partial charge in [0, 0.05) is 21.2 Å². The molecule has 0 spiro atoms. The van der Waals surface area contributed by atoms with E-state index in [4.69, 9.17) is 5.73 Å². The Morgan fingerprint density at radius 3 is 2.47 bits per heavy atom. The Kier molecular flexibility index (Phi) is 3.13. The predicted molar refractivity (Wildman–Crippen MR) is 77.4 cm³/mol. The van der Waals surface area contributed by atoms with E-state index < -0.39 is 0 Å². The third-order valence-corrected chi connectivity index (χ3v) is 3.64. The molecule has 0 aliphatic carbocycles. The van der Waals surface area contributed by atoms with Gasteiger partial charge in [-0.3, -0.25) is 4.98 Å². The van der Waals surface area contributed by atoms with Crippen LogP contribution in [0, 0.1) is 13.8 Å². The third-order valence-electron chi connectivity index (χ3n) is 3.03. The summed E-state index contributed by atoms with van der Waals surface area (Å²) in [5.41, 5.74) is 11.5. The SMILES string of the molecule is Cc1cc(Br)c2nc(C)c(C(C)C)c(N)c2c1. The molecule has 17 heavy (non-hydrogen) atoms. The standard InChI is InChI=1S/C14H17BrN2/c1-7(2)12-9(4)17-14-10(13(12)16)5-8(3)6-11(14)15/h5-7H,1-4H3,(H2,16,17). The highest BCUT2D eigenvalue weighted by Gasteiger charge is 2.14. The van der Waals surface area contributed by atoms with Crippen molar-refractivity contribution in [3.05, 3.63) is 33.4 Å². The van der Waals surface area contributed by atoms with E-state index in [0.717, 1.165) is 32.3 Å². The van der Waals surface area contributed by atoms with Gasteiger partial charge >= 0.3 is 0 Å². The van der Waals surface area contributed by atoms with Crippen molar-refractivity contribution in [1.82, 2.24) is 4.98 Å². The van der Waals surface area contributed by atoms with Crippen LogP contribution in [0.1, 0.15) is 36.6 Å². The monoisotopic (exact) mass is 292 g/mol. The van der Waals surface area contributed by atoms with Gasteiger partial charge in [-0.05, 0) is 59.0 Å². The number of benzene rings is 1. The van der Waals surface area contributed by atoms with Crippen LogP contribution in [0.25, 0.3) is 10.9 Å². The van der Waals surface area contributed by atoms with Crippen molar-refractivity contribution in [3.63, 3.8) is 0 Å². The molecular weight excluding hydrogens is 276 g/mol. The number of aryl methyl sites for hydroxylation is 2. The summed E-state index contributed by atoms with van der Waals surface area (Å²) >= 11 is 3.56. The molecule has 0 saturated carbocycles. The number of pyridine rings is 1. The number of hydrogen-bond acceptors (Lipinski definition) is 2. The number of rotatable bonds is 1.